The lowest BCUT2D eigenvalue weighted by atomic mass is 9.96. The average Bonchev–Trinajstić information content (AvgIpc) is 2.47. The summed E-state index contributed by atoms with van der Waals surface area (Å²) in [6, 6.07) is 7.36. The Morgan fingerprint density at radius 2 is 2.19 bits per heavy atom. The summed E-state index contributed by atoms with van der Waals surface area (Å²) in [7, 11) is 3.58. The number of piperidine rings is 1. The van der Waals surface area contributed by atoms with Gasteiger partial charge in [0.1, 0.15) is 0 Å². The number of halogens is 1. The molecule has 2 unspecified atom stereocenters. The molecule has 0 bridgehead atoms. The van der Waals surface area contributed by atoms with E-state index in [4.69, 9.17) is 11.6 Å². The standard InChI is InChI=1S/C16H23ClN2O2/c1-18(2)16(21)12-6-5-9-19(10-12)11-15(20)13-7-3-4-8-14(13)17/h3-4,7-8,12,15,20H,5-6,9-11H2,1-2H3. The summed E-state index contributed by atoms with van der Waals surface area (Å²) in [5, 5.41) is 11.0. The van der Waals surface area contributed by atoms with Crippen molar-refractivity contribution in [2.24, 2.45) is 5.92 Å². The summed E-state index contributed by atoms with van der Waals surface area (Å²) in [6.45, 7) is 2.14. The number of β-amino-alcohol motifs (C(OH)–C–C–N with tert-alkyl or cyclic N) is 1. The maximum absolute atomic E-state index is 12.1. The van der Waals surface area contributed by atoms with Gasteiger partial charge in [0.15, 0.2) is 0 Å². The first-order valence-corrected chi connectivity index (χ1v) is 7.73. The molecule has 1 aromatic rings. The van der Waals surface area contributed by atoms with Crippen LogP contribution in [0, 0.1) is 5.92 Å². The van der Waals surface area contributed by atoms with Gasteiger partial charge in [0, 0.05) is 37.8 Å². The number of aliphatic hydroxyl groups excluding tert-OH is 1. The van der Waals surface area contributed by atoms with Gasteiger partial charge in [0.05, 0.1) is 12.0 Å². The Balaban J connectivity index is 1.96. The highest BCUT2D eigenvalue weighted by molar-refractivity contribution is 6.31. The number of likely N-dealkylation sites (tertiary alicyclic amines) is 1. The lowest BCUT2D eigenvalue weighted by Gasteiger charge is -2.34. The van der Waals surface area contributed by atoms with E-state index in [1.165, 1.54) is 0 Å². The van der Waals surface area contributed by atoms with Crippen LogP contribution in [0.25, 0.3) is 0 Å². The van der Waals surface area contributed by atoms with Crippen LogP contribution >= 0.6 is 11.6 Å². The van der Waals surface area contributed by atoms with E-state index in [0.29, 0.717) is 18.1 Å². The number of hydrogen-bond donors (Lipinski definition) is 1. The molecule has 5 heteroatoms. The quantitative estimate of drug-likeness (QED) is 0.927. The third-order valence-electron chi connectivity index (χ3n) is 3.99. The summed E-state index contributed by atoms with van der Waals surface area (Å²) in [4.78, 5) is 15.9. The fourth-order valence-corrected chi connectivity index (χ4v) is 3.14. The molecule has 2 atom stereocenters. The maximum atomic E-state index is 12.1. The highest BCUT2D eigenvalue weighted by atomic mass is 35.5. The first-order valence-electron chi connectivity index (χ1n) is 7.35. The van der Waals surface area contributed by atoms with Crippen LogP contribution in [0.5, 0.6) is 0 Å². The Hall–Kier alpha value is -1.10. The number of aliphatic hydroxyl groups is 1. The lowest BCUT2D eigenvalue weighted by molar-refractivity contribution is -0.134. The first-order chi connectivity index (χ1) is 9.99. The summed E-state index contributed by atoms with van der Waals surface area (Å²) in [5.41, 5.74) is 0.750. The summed E-state index contributed by atoms with van der Waals surface area (Å²) in [5.74, 6) is 0.208. The van der Waals surface area contributed by atoms with Gasteiger partial charge in [0.2, 0.25) is 5.91 Å². The second-order valence-electron chi connectivity index (χ2n) is 5.87. The van der Waals surface area contributed by atoms with Gasteiger partial charge < -0.3 is 10.0 Å². The molecule has 1 aliphatic heterocycles. The van der Waals surface area contributed by atoms with Crippen molar-refractivity contribution in [3.05, 3.63) is 34.9 Å². The minimum absolute atomic E-state index is 0.0344. The Kier molecular flexibility index (Phi) is 5.62. The van der Waals surface area contributed by atoms with Crippen LogP contribution in [0.4, 0.5) is 0 Å². The van der Waals surface area contributed by atoms with Crippen LogP contribution in [0.3, 0.4) is 0 Å². The van der Waals surface area contributed by atoms with Gasteiger partial charge in [-0.3, -0.25) is 9.69 Å². The molecule has 1 aliphatic rings. The van der Waals surface area contributed by atoms with Crippen LogP contribution in [0.2, 0.25) is 5.02 Å². The minimum atomic E-state index is -0.619. The fraction of sp³-hybridized carbons (Fsp3) is 0.562. The molecule has 0 spiro atoms. The zero-order valence-corrected chi connectivity index (χ0v) is 13.4. The van der Waals surface area contributed by atoms with Crippen LogP contribution in [-0.4, -0.2) is 54.5 Å². The minimum Gasteiger partial charge on any atom is -0.387 e. The number of carbonyl (C=O) groups excluding carboxylic acids is 1. The Morgan fingerprint density at radius 1 is 1.48 bits per heavy atom. The molecule has 0 saturated carbocycles. The molecular weight excluding hydrogens is 288 g/mol. The predicted octanol–water partition coefficient (Wildman–Crippen LogP) is 2.17. The number of nitrogens with zero attached hydrogens (tertiary/aromatic N) is 2. The molecule has 2 rings (SSSR count). The Morgan fingerprint density at radius 3 is 2.86 bits per heavy atom. The van der Waals surface area contributed by atoms with Crippen molar-refractivity contribution in [2.45, 2.75) is 18.9 Å². The fourth-order valence-electron chi connectivity index (χ4n) is 2.88. The highest BCUT2D eigenvalue weighted by Crippen LogP contribution is 2.25. The topological polar surface area (TPSA) is 43.8 Å². The highest BCUT2D eigenvalue weighted by Gasteiger charge is 2.28. The molecule has 1 aromatic carbocycles. The molecule has 1 saturated heterocycles. The van der Waals surface area contributed by atoms with Crippen molar-refractivity contribution in [2.75, 3.05) is 33.7 Å². The number of hydrogen-bond acceptors (Lipinski definition) is 3. The van der Waals surface area contributed by atoms with E-state index in [-0.39, 0.29) is 11.8 Å². The van der Waals surface area contributed by atoms with Gasteiger partial charge in [0.25, 0.3) is 0 Å². The summed E-state index contributed by atoms with van der Waals surface area (Å²) >= 11 is 6.12. The van der Waals surface area contributed by atoms with Gasteiger partial charge in [-0.2, -0.15) is 0 Å². The van der Waals surface area contributed by atoms with Crippen LogP contribution in [0.15, 0.2) is 24.3 Å². The van der Waals surface area contributed by atoms with Crippen LogP contribution in [0.1, 0.15) is 24.5 Å². The largest absolute Gasteiger partial charge is 0.387 e. The number of carbonyl (C=O) groups is 1. The van der Waals surface area contributed by atoms with E-state index in [1.807, 2.05) is 18.2 Å². The van der Waals surface area contributed by atoms with Gasteiger partial charge >= 0.3 is 0 Å². The second-order valence-corrected chi connectivity index (χ2v) is 6.28. The normalized spacial score (nSPS) is 21.0. The maximum Gasteiger partial charge on any atom is 0.226 e. The van der Waals surface area contributed by atoms with Gasteiger partial charge in [-0.25, -0.2) is 0 Å². The van der Waals surface area contributed by atoms with Crippen LogP contribution < -0.4 is 0 Å². The molecule has 1 fully saturated rings. The molecule has 0 aliphatic carbocycles. The molecule has 0 aromatic heterocycles. The Bertz CT molecular complexity index is 493. The van der Waals surface area contributed by atoms with Crippen molar-refractivity contribution in [3.63, 3.8) is 0 Å². The van der Waals surface area contributed by atoms with E-state index >= 15 is 0 Å². The van der Waals surface area contributed by atoms with Crippen molar-refractivity contribution >= 4 is 17.5 Å². The third kappa shape index (κ3) is 4.19. The van der Waals surface area contributed by atoms with E-state index in [9.17, 15) is 9.90 Å². The smallest absolute Gasteiger partial charge is 0.226 e. The summed E-state index contributed by atoms with van der Waals surface area (Å²) in [6.07, 6.45) is 1.29. The predicted molar refractivity (Wildman–Crippen MR) is 84.3 cm³/mol. The van der Waals surface area contributed by atoms with Gasteiger partial charge in [-0.1, -0.05) is 29.8 Å². The summed E-state index contributed by atoms with van der Waals surface area (Å²) < 4.78 is 0. The molecule has 0 radical (unpaired) electrons. The molecule has 1 heterocycles. The first kappa shape index (κ1) is 16.3. The SMILES string of the molecule is CN(C)C(=O)C1CCCN(CC(O)c2ccccc2Cl)C1. The molecule has 4 nitrogen and oxygen atoms in total. The monoisotopic (exact) mass is 310 g/mol. The van der Waals surface area contributed by atoms with E-state index in [1.54, 1.807) is 25.1 Å². The van der Waals surface area contributed by atoms with Crippen molar-refractivity contribution in [3.8, 4) is 0 Å². The molecule has 21 heavy (non-hydrogen) atoms. The van der Waals surface area contributed by atoms with E-state index in [2.05, 4.69) is 4.90 Å². The second kappa shape index (κ2) is 7.25. The van der Waals surface area contributed by atoms with Crippen molar-refractivity contribution < 1.29 is 9.90 Å². The number of benzene rings is 1. The molecular formula is C16H23ClN2O2. The van der Waals surface area contributed by atoms with Gasteiger partial charge in [-0.05, 0) is 25.5 Å². The number of rotatable bonds is 4. The molecule has 1 amide bonds. The zero-order chi connectivity index (χ0) is 15.4. The van der Waals surface area contributed by atoms with Crippen LogP contribution in [-0.2, 0) is 4.79 Å². The average molecular weight is 311 g/mol. The molecule has 1 N–H and O–H groups in total. The number of amides is 1. The Labute approximate surface area is 131 Å². The third-order valence-corrected chi connectivity index (χ3v) is 4.34. The molecule has 116 valence electrons. The van der Waals surface area contributed by atoms with Crippen molar-refractivity contribution in [1.82, 2.24) is 9.80 Å². The zero-order valence-electron chi connectivity index (χ0n) is 12.6. The lowest BCUT2D eigenvalue weighted by Crippen LogP contribution is -2.43. The van der Waals surface area contributed by atoms with Crippen molar-refractivity contribution in [1.29, 1.82) is 0 Å². The van der Waals surface area contributed by atoms with E-state index in [0.717, 1.165) is 24.9 Å². The van der Waals surface area contributed by atoms with Gasteiger partial charge in [-0.15, -0.1) is 0 Å². The van der Waals surface area contributed by atoms with E-state index < -0.39 is 6.10 Å².